The minimum Gasteiger partial charge on any atom is -0.439 e. The number of hydrogen-bond acceptors (Lipinski definition) is 5. The molecule has 3 N–H and O–H groups in total. The van der Waals surface area contributed by atoms with Gasteiger partial charge in [-0.15, -0.1) is 0 Å². The number of ether oxygens (including phenoxy) is 1. The van der Waals surface area contributed by atoms with E-state index in [1.165, 1.54) is 31.2 Å². The number of hydrogen-bond donors (Lipinski definition) is 2. The smallest absolute Gasteiger partial charge is 0.219 e. The Hall–Kier alpha value is -2.70. The maximum absolute atomic E-state index is 10.6. The highest BCUT2D eigenvalue weighted by Gasteiger charge is 2.57. The molecule has 0 bridgehead atoms. The summed E-state index contributed by atoms with van der Waals surface area (Å²) in [4.78, 5) is 4.23. The number of aliphatic hydroxyl groups excluding tert-OH is 1. The number of rotatable bonds is 6. The summed E-state index contributed by atoms with van der Waals surface area (Å²) >= 11 is 0. The highest BCUT2D eigenvalue weighted by molar-refractivity contribution is 5.40. The third-order valence-electron chi connectivity index (χ3n) is 11.0. The van der Waals surface area contributed by atoms with E-state index in [-0.39, 0.29) is 17.9 Å². The fourth-order valence-corrected chi connectivity index (χ4v) is 8.52. The fourth-order valence-electron chi connectivity index (χ4n) is 8.52. The zero-order chi connectivity index (χ0) is 26.5. The average molecular weight is 515 g/mol. The van der Waals surface area contributed by atoms with E-state index < -0.39 is 0 Å². The molecule has 2 aromatic heterocycles. The molecule has 38 heavy (non-hydrogen) atoms. The summed E-state index contributed by atoms with van der Waals surface area (Å²) in [7, 11) is 0. The molecule has 6 heteroatoms. The van der Waals surface area contributed by atoms with Gasteiger partial charge in [-0.3, -0.25) is 0 Å². The second-order valence-corrected chi connectivity index (χ2v) is 12.7. The van der Waals surface area contributed by atoms with Crippen molar-refractivity contribution in [2.75, 3.05) is 13.2 Å². The third kappa shape index (κ3) is 4.17. The lowest BCUT2D eigenvalue weighted by molar-refractivity contribution is -0.0689. The van der Waals surface area contributed by atoms with Gasteiger partial charge in [-0.1, -0.05) is 26.8 Å². The van der Waals surface area contributed by atoms with E-state index >= 15 is 0 Å². The number of pyridine rings is 1. The number of nitrogens with two attached hydrogens (primary N) is 1. The van der Waals surface area contributed by atoms with E-state index in [1.807, 2.05) is 47.1 Å². The molecule has 0 unspecified atom stereocenters. The van der Waals surface area contributed by atoms with Crippen LogP contribution in [0.5, 0.6) is 11.6 Å². The molecule has 6 rings (SSSR count). The molecule has 0 spiro atoms. The first-order valence-electron chi connectivity index (χ1n) is 14.4. The molecule has 6 nitrogen and oxygen atoms in total. The van der Waals surface area contributed by atoms with Crippen molar-refractivity contribution in [1.29, 1.82) is 0 Å². The molecule has 2 heterocycles. The van der Waals surface area contributed by atoms with Crippen molar-refractivity contribution in [1.82, 2.24) is 14.8 Å². The van der Waals surface area contributed by atoms with Gasteiger partial charge in [0.2, 0.25) is 5.88 Å². The Kier molecular flexibility index (Phi) is 6.59. The third-order valence-corrected chi connectivity index (χ3v) is 11.0. The number of nitrogens with zero attached hydrogens (tertiary/aromatic N) is 3. The van der Waals surface area contributed by atoms with Crippen LogP contribution < -0.4 is 10.5 Å². The predicted octanol–water partition coefficient (Wildman–Crippen LogP) is 5.81. The average Bonchev–Trinajstić information content (AvgIpc) is 3.48. The molecule has 0 aliphatic heterocycles. The second-order valence-electron chi connectivity index (χ2n) is 12.7. The Morgan fingerprint density at radius 1 is 1.05 bits per heavy atom. The monoisotopic (exact) mass is 514 g/mol. The number of aliphatic hydroxyl groups is 1. The van der Waals surface area contributed by atoms with Gasteiger partial charge in [-0.05, 0) is 121 Å². The van der Waals surface area contributed by atoms with Crippen molar-refractivity contribution in [2.24, 2.45) is 46.2 Å². The van der Waals surface area contributed by atoms with Crippen molar-refractivity contribution in [3.8, 4) is 17.3 Å². The molecule has 2 saturated carbocycles. The summed E-state index contributed by atoms with van der Waals surface area (Å²) in [6.07, 6.45) is 10.8. The van der Waals surface area contributed by atoms with Crippen LogP contribution in [-0.4, -0.2) is 33.0 Å². The minimum atomic E-state index is 0.0210. The molecule has 0 amide bonds. The van der Waals surface area contributed by atoms with Crippen molar-refractivity contribution in [2.45, 2.75) is 59.3 Å². The highest BCUT2D eigenvalue weighted by Crippen LogP contribution is 2.63. The Morgan fingerprint density at radius 3 is 2.55 bits per heavy atom. The fraction of sp³-hybridized carbons (Fsp3) is 0.562. The predicted molar refractivity (Wildman–Crippen MR) is 149 cm³/mol. The van der Waals surface area contributed by atoms with E-state index in [0.717, 1.165) is 42.4 Å². The first-order chi connectivity index (χ1) is 18.4. The highest BCUT2D eigenvalue weighted by atomic mass is 16.5. The van der Waals surface area contributed by atoms with Crippen molar-refractivity contribution in [3.63, 3.8) is 0 Å². The van der Waals surface area contributed by atoms with E-state index in [2.05, 4.69) is 32.0 Å². The summed E-state index contributed by atoms with van der Waals surface area (Å²) < 4.78 is 7.85. The zero-order valence-corrected chi connectivity index (χ0v) is 23.0. The van der Waals surface area contributed by atoms with Gasteiger partial charge in [0.1, 0.15) is 5.75 Å². The molecular formula is C32H42N4O2. The summed E-state index contributed by atoms with van der Waals surface area (Å²) in [6, 6.07) is 13.6. The van der Waals surface area contributed by atoms with Crippen molar-refractivity contribution < 1.29 is 9.84 Å². The molecule has 2 fully saturated rings. The van der Waals surface area contributed by atoms with Gasteiger partial charge < -0.3 is 15.6 Å². The molecule has 3 aliphatic carbocycles. The quantitative estimate of drug-likeness (QED) is 0.434. The van der Waals surface area contributed by atoms with Crippen LogP contribution in [0, 0.1) is 40.4 Å². The van der Waals surface area contributed by atoms with E-state index in [4.69, 9.17) is 15.6 Å². The zero-order valence-electron chi connectivity index (χ0n) is 23.0. The Labute approximate surface area is 226 Å². The van der Waals surface area contributed by atoms with Gasteiger partial charge in [-0.2, -0.15) is 5.10 Å². The van der Waals surface area contributed by atoms with Crippen LogP contribution in [0.1, 0.15) is 57.7 Å². The Morgan fingerprint density at radius 2 is 1.84 bits per heavy atom. The van der Waals surface area contributed by atoms with Gasteiger partial charge in [0, 0.05) is 25.1 Å². The molecule has 3 aromatic rings. The van der Waals surface area contributed by atoms with Gasteiger partial charge in [0.05, 0.1) is 11.4 Å². The van der Waals surface area contributed by atoms with Crippen LogP contribution in [-0.2, 0) is 12.8 Å². The van der Waals surface area contributed by atoms with Crippen LogP contribution in [0.25, 0.3) is 5.69 Å². The minimum absolute atomic E-state index is 0.0210. The first-order valence-corrected chi connectivity index (χ1v) is 14.4. The van der Waals surface area contributed by atoms with Crippen LogP contribution in [0.2, 0.25) is 0 Å². The lowest BCUT2D eigenvalue weighted by atomic mass is 9.49. The molecule has 0 radical (unpaired) electrons. The van der Waals surface area contributed by atoms with Gasteiger partial charge >= 0.3 is 0 Å². The summed E-state index contributed by atoms with van der Waals surface area (Å²) in [5.74, 6) is 4.07. The number of benzene rings is 1. The largest absolute Gasteiger partial charge is 0.439 e. The Balaban J connectivity index is 1.25. The van der Waals surface area contributed by atoms with Crippen LogP contribution in [0.4, 0.5) is 0 Å². The lowest BCUT2D eigenvalue weighted by Crippen LogP contribution is -2.53. The number of fused-ring (bicyclic) bond motifs is 2. The maximum Gasteiger partial charge on any atom is 0.219 e. The summed E-state index contributed by atoms with van der Waals surface area (Å²) in [6.45, 7) is 8.37. The lowest BCUT2D eigenvalue weighted by Gasteiger charge is -2.56. The number of aromatic nitrogens is 3. The van der Waals surface area contributed by atoms with E-state index in [1.54, 1.807) is 6.20 Å². The van der Waals surface area contributed by atoms with Crippen LogP contribution >= 0.6 is 0 Å². The summed E-state index contributed by atoms with van der Waals surface area (Å²) in [5, 5.41) is 15.6. The SMILES string of the molecule is C[C@H]1CC[C@H]2[C@H](CN)[C@@H]([C@@]3(C)Cc4cn(-c5ccc(Oc6ccccn6)cc5)nc4C[C@@H]3CO)CC[C@]12C. The Bertz CT molecular complexity index is 1260. The normalized spacial score (nSPS) is 34.5. The van der Waals surface area contributed by atoms with Crippen LogP contribution in [0.15, 0.2) is 54.9 Å². The topological polar surface area (TPSA) is 86.2 Å². The second kappa shape index (κ2) is 9.80. The molecular weight excluding hydrogens is 472 g/mol. The van der Waals surface area contributed by atoms with Gasteiger partial charge in [0.25, 0.3) is 0 Å². The van der Waals surface area contributed by atoms with E-state index in [9.17, 15) is 5.11 Å². The van der Waals surface area contributed by atoms with Crippen LogP contribution in [0.3, 0.4) is 0 Å². The molecule has 7 atom stereocenters. The standard InChI is InChI=1S/C32H42N4O2/c1-21-7-12-27-26(18-33)28(13-14-31(21,27)2)32(3)17-22-19-36(35-29(22)16-23(32)20-37)24-8-10-25(11-9-24)38-30-6-4-5-15-34-30/h4-6,8-11,15,19,21,23,26-28,37H,7,12-14,16-18,20,33H2,1-3H3/t21-,23+,26-,27-,28-,31+,32-/m0/s1. The van der Waals surface area contributed by atoms with Crippen molar-refractivity contribution in [3.05, 3.63) is 66.1 Å². The van der Waals surface area contributed by atoms with Gasteiger partial charge in [-0.25, -0.2) is 9.67 Å². The first kappa shape index (κ1) is 25.6. The molecule has 3 aliphatic rings. The van der Waals surface area contributed by atoms with Gasteiger partial charge in [0.15, 0.2) is 0 Å². The molecule has 0 saturated heterocycles. The maximum atomic E-state index is 10.6. The molecule has 1 aromatic carbocycles. The van der Waals surface area contributed by atoms with Crippen molar-refractivity contribution >= 4 is 0 Å². The molecule has 202 valence electrons. The van der Waals surface area contributed by atoms with E-state index in [0.29, 0.717) is 29.0 Å². The summed E-state index contributed by atoms with van der Waals surface area (Å²) in [5.41, 5.74) is 10.4.